The molecule has 1 aliphatic heterocycles. The van der Waals surface area contributed by atoms with Crippen molar-refractivity contribution in [2.75, 3.05) is 6.54 Å². The number of aromatic nitrogens is 1. The maximum atomic E-state index is 13.6. The summed E-state index contributed by atoms with van der Waals surface area (Å²) in [5, 5.41) is 3.31. The van der Waals surface area contributed by atoms with Crippen LogP contribution in [0, 0.1) is 12.8 Å². The van der Waals surface area contributed by atoms with Gasteiger partial charge < -0.3 is 19.2 Å². The molecule has 0 aromatic carbocycles. The Labute approximate surface area is 179 Å². The first kappa shape index (κ1) is 21.0. The van der Waals surface area contributed by atoms with Gasteiger partial charge >= 0.3 is 0 Å². The predicted molar refractivity (Wildman–Crippen MR) is 117 cm³/mol. The number of carbonyl (C=O) groups is 2. The third-order valence-electron chi connectivity index (χ3n) is 6.85. The van der Waals surface area contributed by atoms with Gasteiger partial charge in [0.25, 0.3) is 5.91 Å². The summed E-state index contributed by atoms with van der Waals surface area (Å²) in [5.74, 6) is 1.16. The summed E-state index contributed by atoms with van der Waals surface area (Å²) in [4.78, 5) is 29.0. The van der Waals surface area contributed by atoms with Crippen LogP contribution in [-0.4, -0.2) is 39.4 Å². The van der Waals surface area contributed by atoms with Gasteiger partial charge in [-0.15, -0.1) is 0 Å². The summed E-state index contributed by atoms with van der Waals surface area (Å²) in [6.07, 6.45) is 7.74. The maximum absolute atomic E-state index is 13.6. The number of rotatable bonds is 5. The number of hydrogen-bond donors (Lipinski definition) is 1. The highest BCUT2D eigenvalue weighted by molar-refractivity contribution is 6.03. The lowest BCUT2D eigenvalue weighted by atomic mass is 9.92. The Bertz CT molecular complexity index is 933. The van der Waals surface area contributed by atoms with Crippen LogP contribution < -0.4 is 5.32 Å². The van der Waals surface area contributed by atoms with E-state index in [0.29, 0.717) is 30.3 Å². The first-order valence-corrected chi connectivity index (χ1v) is 11.5. The number of carbonyl (C=O) groups excluding carboxylic acids is 2. The SMILES string of the molecule is Cc1cc2c(cc3n2CC(C)(C(=O)NC2CCCCCC2)N(CCC(C)C)C3=O)o1. The van der Waals surface area contributed by atoms with Gasteiger partial charge in [-0.1, -0.05) is 39.5 Å². The lowest BCUT2D eigenvalue weighted by Crippen LogP contribution is -2.65. The fourth-order valence-electron chi connectivity index (χ4n) is 4.96. The van der Waals surface area contributed by atoms with Crippen LogP contribution in [0.5, 0.6) is 0 Å². The van der Waals surface area contributed by atoms with Crippen molar-refractivity contribution in [1.82, 2.24) is 14.8 Å². The van der Waals surface area contributed by atoms with Gasteiger partial charge in [0.15, 0.2) is 5.58 Å². The molecule has 0 spiro atoms. The summed E-state index contributed by atoms with van der Waals surface area (Å²) in [5.41, 5.74) is 1.32. The third-order valence-corrected chi connectivity index (χ3v) is 6.85. The van der Waals surface area contributed by atoms with E-state index >= 15 is 0 Å². The largest absolute Gasteiger partial charge is 0.460 e. The van der Waals surface area contributed by atoms with Crippen molar-refractivity contribution in [3.05, 3.63) is 23.6 Å². The lowest BCUT2D eigenvalue weighted by molar-refractivity contribution is -0.133. The van der Waals surface area contributed by atoms with Crippen LogP contribution in [0.1, 0.15) is 82.0 Å². The van der Waals surface area contributed by atoms with Crippen molar-refractivity contribution >= 4 is 22.9 Å². The normalized spacial score (nSPS) is 23.1. The summed E-state index contributed by atoms with van der Waals surface area (Å²) >= 11 is 0. The standard InChI is InChI=1S/C24H35N3O3/c1-16(2)11-12-27-22(28)20-14-21-19(13-17(3)30-21)26(20)15-24(27,4)23(29)25-18-9-7-5-6-8-10-18/h13-14,16,18H,5-12,15H2,1-4H3,(H,25,29). The van der Waals surface area contributed by atoms with Crippen LogP contribution in [0.3, 0.4) is 0 Å². The third kappa shape index (κ3) is 3.77. The van der Waals surface area contributed by atoms with Crippen LogP contribution in [0.4, 0.5) is 0 Å². The Morgan fingerprint density at radius 2 is 1.93 bits per heavy atom. The molecular formula is C24H35N3O3. The number of nitrogens with one attached hydrogen (secondary N) is 1. The van der Waals surface area contributed by atoms with E-state index in [0.717, 1.165) is 43.4 Å². The van der Waals surface area contributed by atoms with Crippen LogP contribution in [0.2, 0.25) is 0 Å². The molecule has 1 fully saturated rings. The molecule has 1 saturated carbocycles. The summed E-state index contributed by atoms with van der Waals surface area (Å²) in [7, 11) is 0. The molecule has 2 aliphatic rings. The van der Waals surface area contributed by atoms with Crippen LogP contribution in [-0.2, 0) is 11.3 Å². The number of furan rings is 1. The zero-order valence-electron chi connectivity index (χ0n) is 18.8. The molecule has 1 aliphatic carbocycles. The van der Waals surface area contributed by atoms with Crippen molar-refractivity contribution in [2.45, 2.75) is 90.8 Å². The van der Waals surface area contributed by atoms with Gasteiger partial charge in [0, 0.05) is 24.7 Å². The van der Waals surface area contributed by atoms with E-state index in [4.69, 9.17) is 4.42 Å². The zero-order valence-corrected chi connectivity index (χ0v) is 18.8. The van der Waals surface area contributed by atoms with Gasteiger partial charge in [-0.05, 0) is 39.0 Å². The summed E-state index contributed by atoms with van der Waals surface area (Å²) in [6.45, 7) is 9.17. The van der Waals surface area contributed by atoms with Crippen molar-refractivity contribution in [3.63, 3.8) is 0 Å². The van der Waals surface area contributed by atoms with Gasteiger partial charge in [-0.3, -0.25) is 9.59 Å². The van der Waals surface area contributed by atoms with Crippen LogP contribution >= 0.6 is 0 Å². The highest BCUT2D eigenvalue weighted by Gasteiger charge is 2.48. The van der Waals surface area contributed by atoms with E-state index in [1.165, 1.54) is 12.8 Å². The van der Waals surface area contributed by atoms with E-state index in [9.17, 15) is 9.59 Å². The molecule has 0 saturated heterocycles. The number of nitrogens with zero attached hydrogens (tertiary/aromatic N) is 2. The fourth-order valence-corrected chi connectivity index (χ4v) is 4.96. The topological polar surface area (TPSA) is 67.5 Å². The molecule has 6 nitrogen and oxygen atoms in total. The van der Waals surface area contributed by atoms with E-state index in [2.05, 4.69) is 19.2 Å². The van der Waals surface area contributed by atoms with Gasteiger partial charge in [0.05, 0.1) is 12.1 Å². The second kappa shape index (κ2) is 8.12. The Kier molecular flexibility index (Phi) is 5.69. The molecule has 30 heavy (non-hydrogen) atoms. The Balaban J connectivity index is 1.67. The lowest BCUT2D eigenvalue weighted by Gasteiger charge is -2.44. The van der Waals surface area contributed by atoms with Gasteiger partial charge in [-0.2, -0.15) is 0 Å². The Morgan fingerprint density at radius 1 is 1.23 bits per heavy atom. The van der Waals surface area contributed by atoms with E-state index in [-0.39, 0.29) is 17.9 Å². The van der Waals surface area contributed by atoms with Gasteiger partial charge in [0.2, 0.25) is 5.91 Å². The average molecular weight is 414 g/mol. The smallest absolute Gasteiger partial charge is 0.271 e. The maximum Gasteiger partial charge on any atom is 0.271 e. The molecular weight excluding hydrogens is 378 g/mol. The molecule has 3 heterocycles. The van der Waals surface area contributed by atoms with Gasteiger partial charge in [0.1, 0.15) is 17.0 Å². The monoisotopic (exact) mass is 413 g/mol. The minimum atomic E-state index is -0.914. The van der Waals surface area contributed by atoms with Crippen molar-refractivity contribution in [2.24, 2.45) is 5.92 Å². The van der Waals surface area contributed by atoms with Crippen LogP contribution in [0.15, 0.2) is 16.5 Å². The second-order valence-corrected chi connectivity index (χ2v) is 9.80. The first-order chi connectivity index (χ1) is 14.3. The highest BCUT2D eigenvalue weighted by Crippen LogP contribution is 2.34. The minimum absolute atomic E-state index is 0.0285. The molecule has 0 radical (unpaired) electrons. The number of aryl methyl sites for hydroxylation is 1. The van der Waals surface area contributed by atoms with E-state index in [1.807, 2.05) is 30.5 Å². The zero-order chi connectivity index (χ0) is 21.5. The van der Waals surface area contributed by atoms with Crippen molar-refractivity contribution < 1.29 is 14.0 Å². The molecule has 2 amide bonds. The van der Waals surface area contributed by atoms with E-state index in [1.54, 1.807) is 4.90 Å². The fraction of sp³-hybridized carbons (Fsp3) is 0.667. The first-order valence-electron chi connectivity index (χ1n) is 11.5. The predicted octanol–water partition coefficient (Wildman–Crippen LogP) is 4.64. The minimum Gasteiger partial charge on any atom is -0.460 e. The molecule has 1 unspecified atom stereocenters. The molecule has 0 bridgehead atoms. The highest BCUT2D eigenvalue weighted by atomic mass is 16.3. The number of hydrogen-bond acceptors (Lipinski definition) is 3. The molecule has 1 N–H and O–H groups in total. The summed E-state index contributed by atoms with van der Waals surface area (Å²) in [6, 6.07) is 4.00. The molecule has 2 aromatic heterocycles. The second-order valence-electron chi connectivity index (χ2n) is 9.80. The number of fused-ring (bicyclic) bond motifs is 3. The average Bonchev–Trinajstić information content (AvgIpc) is 3.07. The molecule has 164 valence electrons. The number of amides is 2. The van der Waals surface area contributed by atoms with Crippen molar-refractivity contribution in [3.8, 4) is 0 Å². The van der Waals surface area contributed by atoms with Gasteiger partial charge in [-0.25, -0.2) is 0 Å². The van der Waals surface area contributed by atoms with E-state index < -0.39 is 5.54 Å². The quantitative estimate of drug-likeness (QED) is 0.726. The summed E-state index contributed by atoms with van der Waals surface area (Å²) < 4.78 is 7.75. The Hall–Kier alpha value is -2.24. The molecule has 2 aromatic rings. The van der Waals surface area contributed by atoms with Crippen LogP contribution in [0.25, 0.3) is 11.1 Å². The molecule has 1 atom stereocenters. The molecule has 4 rings (SSSR count). The Morgan fingerprint density at radius 3 is 2.60 bits per heavy atom. The molecule has 6 heteroatoms. The van der Waals surface area contributed by atoms with Crippen molar-refractivity contribution in [1.29, 1.82) is 0 Å².